The van der Waals surface area contributed by atoms with Gasteiger partial charge >= 0.3 is 0 Å². The zero-order valence-corrected chi connectivity index (χ0v) is 15.0. The van der Waals surface area contributed by atoms with Gasteiger partial charge in [0, 0.05) is 24.6 Å². The average molecular weight is 321 g/mol. The molecule has 1 amide bonds. The van der Waals surface area contributed by atoms with Crippen molar-refractivity contribution >= 4 is 5.91 Å². The fraction of sp³-hybridized carbons (Fsp3) is 0.409. The highest BCUT2D eigenvalue weighted by Crippen LogP contribution is 2.28. The lowest BCUT2D eigenvalue weighted by Gasteiger charge is -2.33. The largest absolute Gasteiger partial charge is 0.338 e. The Morgan fingerprint density at radius 1 is 1.00 bits per heavy atom. The van der Waals surface area contributed by atoms with Crippen molar-refractivity contribution in [2.75, 3.05) is 13.1 Å². The van der Waals surface area contributed by atoms with E-state index < -0.39 is 0 Å². The summed E-state index contributed by atoms with van der Waals surface area (Å²) < 4.78 is 0. The predicted octanol–water partition coefficient (Wildman–Crippen LogP) is 5.00. The second kappa shape index (κ2) is 6.80. The van der Waals surface area contributed by atoms with Crippen LogP contribution in [0.4, 0.5) is 0 Å². The number of hydrogen-bond donors (Lipinski definition) is 0. The molecule has 0 N–H and O–H groups in total. The van der Waals surface area contributed by atoms with E-state index in [9.17, 15) is 4.79 Å². The van der Waals surface area contributed by atoms with E-state index in [0.717, 1.165) is 31.5 Å². The van der Waals surface area contributed by atoms with Crippen LogP contribution in [0.2, 0.25) is 0 Å². The summed E-state index contributed by atoms with van der Waals surface area (Å²) in [4.78, 5) is 14.9. The Kier molecular flexibility index (Phi) is 4.75. The van der Waals surface area contributed by atoms with Crippen molar-refractivity contribution < 1.29 is 4.79 Å². The molecule has 1 fully saturated rings. The standard InChI is InChI=1S/C22H27NO/c1-22(2,3)20-13-11-18(12-14-20)21(24)23-15-7-10-19(16-23)17-8-5-4-6-9-17/h4-6,8-9,11-14,19H,7,10,15-16H2,1-3H3/t19-/m0/s1. The second-order valence-electron chi connectivity index (χ2n) is 7.83. The Hall–Kier alpha value is -2.09. The third kappa shape index (κ3) is 3.69. The maximum Gasteiger partial charge on any atom is 0.253 e. The first-order valence-corrected chi connectivity index (χ1v) is 8.90. The molecule has 0 unspecified atom stereocenters. The van der Waals surface area contributed by atoms with Crippen LogP contribution in [-0.2, 0) is 5.41 Å². The number of carbonyl (C=O) groups is 1. The third-order valence-corrected chi connectivity index (χ3v) is 4.98. The molecule has 0 aliphatic carbocycles. The molecule has 1 saturated heterocycles. The van der Waals surface area contributed by atoms with Gasteiger partial charge in [-0.3, -0.25) is 4.79 Å². The molecule has 2 heteroatoms. The number of rotatable bonds is 2. The van der Waals surface area contributed by atoms with Crippen molar-refractivity contribution in [2.24, 2.45) is 0 Å². The zero-order chi connectivity index (χ0) is 17.2. The van der Waals surface area contributed by atoms with Crippen LogP contribution in [0.3, 0.4) is 0 Å². The Morgan fingerprint density at radius 2 is 1.67 bits per heavy atom. The highest BCUT2D eigenvalue weighted by molar-refractivity contribution is 5.94. The van der Waals surface area contributed by atoms with Crippen LogP contribution in [0.25, 0.3) is 0 Å². The van der Waals surface area contributed by atoms with Crippen LogP contribution < -0.4 is 0 Å². The Bertz CT molecular complexity index is 682. The summed E-state index contributed by atoms with van der Waals surface area (Å²) in [6.07, 6.45) is 2.24. The van der Waals surface area contributed by atoms with E-state index in [1.807, 2.05) is 23.1 Å². The van der Waals surface area contributed by atoms with Crippen LogP contribution in [0.15, 0.2) is 54.6 Å². The molecule has 0 spiro atoms. The summed E-state index contributed by atoms with van der Waals surface area (Å²) >= 11 is 0. The van der Waals surface area contributed by atoms with Gasteiger partial charge in [0.05, 0.1) is 0 Å². The lowest BCUT2D eigenvalue weighted by molar-refractivity contribution is 0.0707. The summed E-state index contributed by atoms with van der Waals surface area (Å²) in [5.41, 5.74) is 3.53. The maximum atomic E-state index is 12.9. The Morgan fingerprint density at radius 3 is 2.29 bits per heavy atom. The molecule has 2 aromatic carbocycles. The lowest BCUT2D eigenvalue weighted by atomic mass is 9.86. The SMILES string of the molecule is CC(C)(C)c1ccc(C(=O)N2CCC[C@H](c3ccccc3)C2)cc1. The second-order valence-corrected chi connectivity index (χ2v) is 7.83. The van der Waals surface area contributed by atoms with Crippen LogP contribution in [0.5, 0.6) is 0 Å². The van der Waals surface area contributed by atoms with Gasteiger partial charge in [-0.05, 0) is 41.5 Å². The lowest BCUT2D eigenvalue weighted by Crippen LogP contribution is -2.39. The van der Waals surface area contributed by atoms with Gasteiger partial charge in [-0.2, -0.15) is 0 Å². The minimum Gasteiger partial charge on any atom is -0.338 e. The molecule has 126 valence electrons. The summed E-state index contributed by atoms with van der Waals surface area (Å²) in [5.74, 6) is 0.619. The smallest absolute Gasteiger partial charge is 0.253 e. The first-order valence-electron chi connectivity index (χ1n) is 8.90. The quantitative estimate of drug-likeness (QED) is 0.762. The molecule has 2 nitrogen and oxygen atoms in total. The molecule has 0 bridgehead atoms. The van der Waals surface area contributed by atoms with E-state index in [4.69, 9.17) is 0 Å². The van der Waals surface area contributed by atoms with E-state index in [1.165, 1.54) is 11.1 Å². The van der Waals surface area contributed by atoms with E-state index in [2.05, 4.69) is 57.2 Å². The predicted molar refractivity (Wildman–Crippen MR) is 99.5 cm³/mol. The highest BCUT2D eigenvalue weighted by atomic mass is 16.2. The summed E-state index contributed by atoms with van der Waals surface area (Å²) in [7, 11) is 0. The van der Waals surface area contributed by atoms with Gasteiger partial charge in [0.25, 0.3) is 5.91 Å². The molecule has 1 heterocycles. The number of benzene rings is 2. The number of hydrogen-bond acceptors (Lipinski definition) is 1. The van der Waals surface area contributed by atoms with Gasteiger partial charge in [0.1, 0.15) is 0 Å². The van der Waals surface area contributed by atoms with E-state index in [0.29, 0.717) is 5.92 Å². The van der Waals surface area contributed by atoms with Crippen molar-refractivity contribution in [3.63, 3.8) is 0 Å². The molecule has 24 heavy (non-hydrogen) atoms. The fourth-order valence-electron chi connectivity index (χ4n) is 3.45. The first-order chi connectivity index (χ1) is 11.4. The number of nitrogens with zero attached hydrogens (tertiary/aromatic N) is 1. The summed E-state index contributed by atoms with van der Waals surface area (Å²) in [5, 5.41) is 0. The van der Waals surface area contributed by atoms with Gasteiger partial charge in [-0.1, -0.05) is 63.2 Å². The number of amides is 1. The van der Waals surface area contributed by atoms with Gasteiger partial charge in [-0.25, -0.2) is 0 Å². The van der Waals surface area contributed by atoms with Crippen molar-refractivity contribution in [3.8, 4) is 0 Å². The molecular weight excluding hydrogens is 294 g/mol. The van der Waals surface area contributed by atoms with Crippen LogP contribution in [0, 0.1) is 0 Å². The molecular formula is C22H27NO. The van der Waals surface area contributed by atoms with Crippen molar-refractivity contribution in [1.82, 2.24) is 4.90 Å². The van der Waals surface area contributed by atoms with Crippen molar-refractivity contribution in [1.29, 1.82) is 0 Å². The number of piperidine rings is 1. The molecule has 3 rings (SSSR count). The number of likely N-dealkylation sites (tertiary alicyclic amines) is 1. The van der Waals surface area contributed by atoms with Gasteiger partial charge in [0.15, 0.2) is 0 Å². The monoisotopic (exact) mass is 321 g/mol. The maximum absolute atomic E-state index is 12.9. The normalized spacial score (nSPS) is 18.5. The molecule has 0 aromatic heterocycles. The minimum absolute atomic E-state index is 0.116. The van der Waals surface area contributed by atoms with Gasteiger partial charge < -0.3 is 4.90 Å². The first kappa shape index (κ1) is 16.8. The summed E-state index contributed by atoms with van der Waals surface area (Å²) in [6.45, 7) is 8.27. The molecule has 1 aliphatic heterocycles. The molecule has 0 saturated carbocycles. The Labute approximate surface area is 145 Å². The zero-order valence-electron chi connectivity index (χ0n) is 15.0. The highest BCUT2D eigenvalue weighted by Gasteiger charge is 2.25. The van der Waals surface area contributed by atoms with E-state index in [-0.39, 0.29) is 11.3 Å². The fourth-order valence-corrected chi connectivity index (χ4v) is 3.45. The van der Waals surface area contributed by atoms with Crippen molar-refractivity contribution in [3.05, 3.63) is 71.3 Å². The van der Waals surface area contributed by atoms with Crippen LogP contribution in [-0.4, -0.2) is 23.9 Å². The molecule has 2 aromatic rings. The van der Waals surface area contributed by atoms with Crippen molar-refractivity contribution in [2.45, 2.75) is 44.9 Å². The molecule has 1 atom stereocenters. The molecule has 0 radical (unpaired) electrons. The minimum atomic E-state index is 0.116. The van der Waals surface area contributed by atoms with E-state index >= 15 is 0 Å². The average Bonchev–Trinajstić information content (AvgIpc) is 2.61. The van der Waals surface area contributed by atoms with Gasteiger partial charge in [-0.15, -0.1) is 0 Å². The Balaban J connectivity index is 1.73. The van der Waals surface area contributed by atoms with Gasteiger partial charge in [0.2, 0.25) is 0 Å². The van der Waals surface area contributed by atoms with Crippen LogP contribution >= 0.6 is 0 Å². The number of carbonyl (C=O) groups excluding carboxylic acids is 1. The molecule has 1 aliphatic rings. The topological polar surface area (TPSA) is 20.3 Å². The third-order valence-electron chi connectivity index (χ3n) is 4.98. The summed E-state index contributed by atoms with van der Waals surface area (Å²) in [6, 6.07) is 18.7. The van der Waals surface area contributed by atoms with E-state index in [1.54, 1.807) is 0 Å². The van der Waals surface area contributed by atoms with Crippen LogP contribution in [0.1, 0.15) is 61.0 Å².